The molecule has 0 aliphatic rings. The number of carbonyl (C=O) groups excluding carboxylic acids is 1. The van der Waals surface area contributed by atoms with Crippen LogP contribution in [0.4, 0.5) is 5.69 Å². The van der Waals surface area contributed by atoms with Crippen molar-refractivity contribution in [3.63, 3.8) is 0 Å². The van der Waals surface area contributed by atoms with Crippen molar-refractivity contribution in [3.8, 4) is 0 Å². The lowest BCUT2D eigenvalue weighted by atomic mass is 10.1. The van der Waals surface area contributed by atoms with E-state index in [-0.39, 0.29) is 12.4 Å². The lowest BCUT2D eigenvalue weighted by molar-refractivity contribution is 0.101. The van der Waals surface area contributed by atoms with Gasteiger partial charge < -0.3 is 10.0 Å². The first kappa shape index (κ1) is 13.7. The van der Waals surface area contributed by atoms with Gasteiger partial charge in [-0.05, 0) is 51.5 Å². The number of benzene rings is 1. The molecule has 0 aliphatic carbocycles. The zero-order valence-corrected chi connectivity index (χ0v) is 10.8. The van der Waals surface area contributed by atoms with Gasteiger partial charge in [0, 0.05) is 30.4 Å². The molecule has 0 amide bonds. The molecule has 0 bridgehead atoms. The first-order chi connectivity index (χ1) is 8.06. The SMILES string of the molecule is CC(=O)c1ccc(N(CCCO)C(C)C)cc1. The molecule has 0 radical (unpaired) electrons. The normalized spacial score (nSPS) is 10.6. The topological polar surface area (TPSA) is 40.5 Å². The summed E-state index contributed by atoms with van der Waals surface area (Å²) in [7, 11) is 0. The second kappa shape index (κ2) is 6.40. The van der Waals surface area contributed by atoms with E-state index < -0.39 is 0 Å². The molecule has 0 unspecified atom stereocenters. The van der Waals surface area contributed by atoms with Crippen LogP contribution < -0.4 is 4.90 Å². The lowest BCUT2D eigenvalue weighted by Crippen LogP contribution is -2.32. The van der Waals surface area contributed by atoms with E-state index in [0.717, 1.165) is 24.2 Å². The number of aliphatic hydroxyl groups is 1. The van der Waals surface area contributed by atoms with Crippen LogP contribution in [0.2, 0.25) is 0 Å². The fourth-order valence-electron chi connectivity index (χ4n) is 1.81. The molecular weight excluding hydrogens is 214 g/mol. The number of rotatable bonds is 6. The van der Waals surface area contributed by atoms with Gasteiger partial charge in [0.25, 0.3) is 0 Å². The van der Waals surface area contributed by atoms with E-state index in [1.807, 2.05) is 24.3 Å². The average molecular weight is 235 g/mol. The van der Waals surface area contributed by atoms with Crippen molar-refractivity contribution in [2.45, 2.75) is 33.2 Å². The van der Waals surface area contributed by atoms with E-state index in [2.05, 4.69) is 18.7 Å². The first-order valence-electron chi connectivity index (χ1n) is 6.04. The number of anilines is 1. The quantitative estimate of drug-likeness (QED) is 0.770. The Morgan fingerprint density at radius 1 is 1.29 bits per heavy atom. The minimum Gasteiger partial charge on any atom is -0.396 e. The Bertz CT molecular complexity index is 357. The molecule has 1 rings (SSSR count). The third-order valence-electron chi connectivity index (χ3n) is 2.79. The van der Waals surface area contributed by atoms with Crippen LogP contribution in [-0.2, 0) is 0 Å². The summed E-state index contributed by atoms with van der Waals surface area (Å²) in [5, 5.41) is 8.89. The van der Waals surface area contributed by atoms with Gasteiger partial charge in [-0.3, -0.25) is 4.79 Å². The molecule has 0 saturated carbocycles. The summed E-state index contributed by atoms with van der Waals surface area (Å²) in [4.78, 5) is 13.4. The largest absolute Gasteiger partial charge is 0.396 e. The Morgan fingerprint density at radius 3 is 2.29 bits per heavy atom. The highest BCUT2D eigenvalue weighted by Gasteiger charge is 2.10. The van der Waals surface area contributed by atoms with Crippen LogP contribution in [-0.4, -0.2) is 30.1 Å². The molecule has 3 nitrogen and oxygen atoms in total. The van der Waals surface area contributed by atoms with Crippen LogP contribution >= 0.6 is 0 Å². The van der Waals surface area contributed by atoms with Crippen LogP contribution in [0.5, 0.6) is 0 Å². The molecule has 94 valence electrons. The molecule has 0 heterocycles. The van der Waals surface area contributed by atoms with Crippen molar-refractivity contribution in [2.75, 3.05) is 18.1 Å². The Morgan fingerprint density at radius 2 is 1.88 bits per heavy atom. The van der Waals surface area contributed by atoms with Crippen LogP contribution in [0.25, 0.3) is 0 Å². The maximum atomic E-state index is 11.2. The fraction of sp³-hybridized carbons (Fsp3) is 0.500. The highest BCUT2D eigenvalue weighted by atomic mass is 16.3. The molecule has 0 aromatic heterocycles. The summed E-state index contributed by atoms with van der Waals surface area (Å²) in [5.41, 5.74) is 1.83. The Balaban J connectivity index is 2.83. The van der Waals surface area contributed by atoms with Crippen LogP contribution in [0.15, 0.2) is 24.3 Å². The smallest absolute Gasteiger partial charge is 0.159 e. The summed E-state index contributed by atoms with van der Waals surface area (Å²) in [6, 6.07) is 8.02. The van der Waals surface area contributed by atoms with Crippen molar-refractivity contribution in [2.24, 2.45) is 0 Å². The van der Waals surface area contributed by atoms with Crippen LogP contribution in [0, 0.1) is 0 Å². The van der Waals surface area contributed by atoms with E-state index in [1.54, 1.807) is 6.92 Å². The van der Waals surface area contributed by atoms with Crippen molar-refractivity contribution in [1.82, 2.24) is 0 Å². The highest BCUT2D eigenvalue weighted by Crippen LogP contribution is 2.18. The summed E-state index contributed by atoms with van der Waals surface area (Å²) < 4.78 is 0. The molecule has 0 saturated heterocycles. The summed E-state index contributed by atoms with van der Waals surface area (Å²) in [6.07, 6.45) is 0.757. The first-order valence-corrected chi connectivity index (χ1v) is 6.04. The number of aliphatic hydroxyl groups excluding tert-OH is 1. The molecule has 17 heavy (non-hydrogen) atoms. The minimum absolute atomic E-state index is 0.0861. The predicted molar refractivity (Wildman–Crippen MR) is 70.6 cm³/mol. The summed E-state index contributed by atoms with van der Waals surface area (Å²) in [5.74, 6) is 0.0861. The number of nitrogens with zero attached hydrogens (tertiary/aromatic N) is 1. The van der Waals surface area contributed by atoms with Gasteiger partial charge in [0.15, 0.2) is 5.78 Å². The van der Waals surface area contributed by atoms with E-state index in [0.29, 0.717) is 6.04 Å². The zero-order valence-electron chi connectivity index (χ0n) is 10.8. The minimum atomic E-state index is 0.0861. The number of hydrogen-bond acceptors (Lipinski definition) is 3. The third kappa shape index (κ3) is 3.86. The number of carbonyl (C=O) groups is 1. The molecule has 0 fully saturated rings. The average Bonchev–Trinajstić information content (AvgIpc) is 2.29. The maximum absolute atomic E-state index is 11.2. The molecule has 0 atom stereocenters. The van der Waals surface area contributed by atoms with Crippen molar-refractivity contribution < 1.29 is 9.90 Å². The van der Waals surface area contributed by atoms with Gasteiger partial charge >= 0.3 is 0 Å². The maximum Gasteiger partial charge on any atom is 0.159 e. The summed E-state index contributed by atoms with van der Waals surface area (Å²) >= 11 is 0. The van der Waals surface area contributed by atoms with Gasteiger partial charge in [-0.25, -0.2) is 0 Å². The fourth-order valence-corrected chi connectivity index (χ4v) is 1.81. The second-order valence-electron chi connectivity index (χ2n) is 4.47. The highest BCUT2D eigenvalue weighted by molar-refractivity contribution is 5.94. The molecule has 0 aliphatic heterocycles. The van der Waals surface area contributed by atoms with Crippen molar-refractivity contribution in [3.05, 3.63) is 29.8 Å². The van der Waals surface area contributed by atoms with Crippen LogP contribution in [0.1, 0.15) is 37.6 Å². The Hall–Kier alpha value is -1.35. The molecular formula is C14H21NO2. The molecule has 3 heteroatoms. The second-order valence-corrected chi connectivity index (χ2v) is 4.47. The number of hydrogen-bond donors (Lipinski definition) is 1. The van der Waals surface area contributed by atoms with Gasteiger partial charge in [0.05, 0.1) is 0 Å². The molecule has 1 aromatic carbocycles. The van der Waals surface area contributed by atoms with Gasteiger partial charge in [-0.2, -0.15) is 0 Å². The van der Waals surface area contributed by atoms with Gasteiger partial charge in [-0.1, -0.05) is 0 Å². The predicted octanol–water partition coefficient (Wildman–Crippen LogP) is 2.49. The van der Waals surface area contributed by atoms with Crippen molar-refractivity contribution in [1.29, 1.82) is 0 Å². The number of Topliss-reactive ketones (excluding diaryl/α,β-unsaturated/α-hetero) is 1. The third-order valence-corrected chi connectivity index (χ3v) is 2.79. The monoisotopic (exact) mass is 235 g/mol. The lowest BCUT2D eigenvalue weighted by Gasteiger charge is -2.29. The standard InChI is InChI=1S/C14H21NO2/c1-11(2)15(9-4-10-16)14-7-5-13(6-8-14)12(3)17/h5-8,11,16H,4,9-10H2,1-3H3. The summed E-state index contributed by atoms with van der Waals surface area (Å²) in [6.45, 7) is 6.84. The zero-order chi connectivity index (χ0) is 12.8. The van der Waals surface area contributed by atoms with Crippen molar-refractivity contribution >= 4 is 11.5 Å². The Kier molecular flexibility index (Phi) is 5.16. The van der Waals surface area contributed by atoms with E-state index in [9.17, 15) is 4.79 Å². The molecule has 1 N–H and O–H groups in total. The number of ketones is 1. The van der Waals surface area contributed by atoms with Gasteiger partial charge in [0.1, 0.15) is 0 Å². The van der Waals surface area contributed by atoms with Gasteiger partial charge in [0.2, 0.25) is 0 Å². The molecule has 1 aromatic rings. The Labute approximate surface area is 103 Å². The van der Waals surface area contributed by atoms with Gasteiger partial charge in [-0.15, -0.1) is 0 Å². The van der Waals surface area contributed by atoms with E-state index in [4.69, 9.17) is 5.11 Å². The van der Waals surface area contributed by atoms with E-state index in [1.165, 1.54) is 0 Å². The van der Waals surface area contributed by atoms with Crippen LogP contribution in [0.3, 0.4) is 0 Å². The van der Waals surface area contributed by atoms with E-state index >= 15 is 0 Å². The molecule has 0 spiro atoms.